The van der Waals surface area contributed by atoms with Crippen LogP contribution in [0.2, 0.25) is 0 Å². The third-order valence-corrected chi connectivity index (χ3v) is 6.33. The zero-order valence-electron chi connectivity index (χ0n) is 19.2. The highest BCUT2D eigenvalue weighted by molar-refractivity contribution is 7.47. The van der Waals surface area contributed by atoms with E-state index in [0.717, 1.165) is 11.1 Å². The minimum absolute atomic E-state index is 0.0229. The van der Waals surface area contributed by atoms with Gasteiger partial charge in [-0.15, -0.1) is 0 Å². The molecular formula is C24H26N5O5P. The van der Waals surface area contributed by atoms with Crippen molar-refractivity contribution in [3.05, 3.63) is 88.0 Å². The van der Waals surface area contributed by atoms with E-state index < -0.39 is 13.9 Å². The van der Waals surface area contributed by atoms with Crippen LogP contribution >= 0.6 is 8.38 Å². The monoisotopic (exact) mass is 495 g/mol. The summed E-state index contributed by atoms with van der Waals surface area (Å²) < 4.78 is 19.3. The van der Waals surface area contributed by atoms with E-state index in [2.05, 4.69) is 15.0 Å². The number of nitrogens with zero attached hydrogens (tertiary/aromatic N) is 3. The second kappa shape index (κ2) is 11.8. The zero-order chi connectivity index (χ0) is 24.6. The average molecular weight is 495 g/mol. The predicted molar refractivity (Wildman–Crippen MR) is 133 cm³/mol. The summed E-state index contributed by atoms with van der Waals surface area (Å²) in [6.45, 7) is 2.95. The fraction of sp³-hybridized carbons (Fsp3) is 0.250. The standard InChI is InChI=1S/C24H26N5O5P/c1-17-7-9-18(10-8-17)13-33-35(34-14-20(30)19-5-3-2-4-6-19)16-32-12-11-29-15-26-21-22(29)27-24(25)28-23(21)31/h2-10,15H,11-14,16H2,1H3,(H3,25,27,28,31). The molecule has 0 aliphatic rings. The maximum atomic E-state index is 12.5. The van der Waals surface area contributed by atoms with Gasteiger partial charge in [-0.1, -0.05) is 60.2 Å². The summed E-state index contributed by atoms with van der Waals surface area (Å²) in [5, 5.41) is 0. The van der Waals surface area contributed by atoms with E-state index in [1.54, 1.807) is 16.7 Å². The second-order valence-electron chi connectivity index (χ2n) is 7.75. The highest BCUT2D eigenvalue weighted by Gasteiger charge is 2.16. The largest absolute Gasteiger partial charge is 0.370 e. The molecule has 2 heterocycles. The number of rotatable bonds is 12. The lowest BCUT2D eigenvalue weighted by Gasteiger charge is -2.18. The predicted octanol–water partition coefficient (Wildman–Crippen LogP) is 3.41. The lowest BCUT2D eigenvalue weighted by Crippen LogP contribution is -2.13. The van der Waals surface area contributed by atoms with E-state index in [4.69, 9.17) is 19.5 Å². The topological polar surface area (TPSA) is 134 Å². The number of ketones is 1. The van der Waals surface area contributed by atoms with Gasteiger partial charge in [-0.3, -0.25) is 14.6 Å². The number of nitrogens with one attached hydrogen (secondary N) is 1. The summed E-state index contributed by atoms with van der Waals surface area (Å²) in [4.78, 5) is 35.0. The van der Waals surface area contributed by atoms with Crippen molar-refractivity contribution in [2.24, 2.45) is 0 Å². The maximum Gasteiger partial charge on any atom is 0.280 e. The molecule has 1 unspecified atom stereocenters. The number of nitrogens with two attached hydrogens (primary N) is 1. The van der Waals surface area contributed by atoms with Crippen molar-refractivity contribution in [2.45, 2.75) is 20.1 Å². The smallest absolute Gasteiger partial charge is 0.280 e. The normalized spacial score (nSPS) is 12.1. The first-order valence-electron chi connectivity index (χ1n) is 10.9. The van der Waals surface area contributed by atoms with Crippen molar-refractivity contribution in [3.8, 4) is 0 Å². The van der Waals surface area contributed by atoms with Gasteiger partial charge in [0.15, 0.2) is 25.3 Å². The molecular weight excluding hydrogens is 469 g/mol. The van der Waals surface area contributed by atoms with Crippen molar-refractivity contribution in [1.82, 2.24) is 19.5 Å². The minimum atomic E-state index is -1.49. The molecule has 2 aromatic carbocycles. The first-order valence-corrected chi connectivity index (χ1v) is 12.3. The Kier molecular flexibility index (Phi) is 8.33. The zero-order valence-corrected chi connectivity index (χ0v) is 20.1. The van der Waals surface area contributed by atoms with Gasteiger partial charge in [0.25, 0.3) is 5.56 Å². The molecule has 0 radical (unpaired) electrons. The van der Waals surface area contributed by atoms with Crippen LogP contribution in [0.25, 0.3) is 11.2 Å². The summed E-state index contributed by atoms with van der Waals surface area (Å²) in [6.07, 6.45) is 1.69. The Morgan fingerprint density at radius 3 is 2.66 bits per heavy atom. The van der Waals surface area contributed by atoms with E-state index in [1.807, 2.05) is 49.4 Å². The Morgan fingerprint density at radius 2 is 1.89 bits per heavy atom. The van der Waals surface area contributed by atoms with E-state index in [0.29, 0.717) is 31.0 Å². The Labute approximate surface area is 203 Å². The Balaban J connectivity index is 1.33. The number of benzene rings is 2. The Bertz CT molecular complexity index is 1320. The number of hydrogen-bond acceptors (Lipinski definition) is 8. The van der Waals surface area contributed by atoms with E-state index >= 15 is 0 Å². The molecule has 0 bridgehead atoms. The SMILES string of the molecule is Cc1ccc(COP(COCCn2cnc3c(=O)[nH]c(N)nc32)OCC(=O)c2ccccc2)cc1. The van der Waals surface area contributed by atoms with Gasteiger partial charge in [0.1, 0.15) is 13.0 Å². The van der Waals surface area contributed by atoms with Gasteiger partial charge >= 0.3 is 0 Å². The molecule has 2 aromatic heterocycles. The molecule has 0 aliphatic carbocycles. The summed E-state index contributed by atoms with van der Waals surface area (Å²) in [7, 11) is -1.49. The molecule has 0 fully saturated rings. The molecule has 4 rings (SSSR count). The van der Waals surface area contributed by atoms with Crippen LogP contribution in [0.15, 0.2) is 65.7 Å². The van der Waals surface area contributed by atoms with Crippen molar-refractivity contribution in [1.29, 1.82) is 0 Å². The first-order chi connectivity index (χ1) is 17.0. The number of carbonyl (C=O) groups is 1. The number of H-pyrrole nitrogens is 1. The third kappa shape index (κ3) is 6.80. The average Bonchev–Trinajstić information content (AvgIpc) is 3.27. The fourth-order valence-electron chi connectivity index (χ4n) is 3.22. The summed E-state index contributed by atoms with van der Waals surface area (Å²) in [5.74, 6) is -0.106. The maximum absolute atomic E-state index is 12.5. The number of fused-ring (bicyclic) bond motifs is 1. The fourth-order valence-corrected chi connectivity index (χ4v) is 4.27. The van der Waals surface area contributed by atoms with Gasteiger partial charge in [-0.2, -0.15) is 4.98 Å². The third-order valence-electron chi connectivity index (χ3n) is 5.10. The first kappa shape index (κ1) is 24.7. The number of ether oxygens (including phenoxy) is 1. The number of anilines is 1. The molecule has 0 amide bonds. The van der Waals surface area contributed by atoms with Crippen LogP contribution in [0.3, 0.4) is 0 Å². The number of hydrogen-bond donors (Lipinski definition) is 2. The molecule has 4 aromatic rings. The molecule has 182 valence electrons. The van der Waals surface area contributed by atoms with E-state index in [-0.39, 0.29) is 30.2 Å². The van der Waals surface area contributed by atoms with Crippen LogP contribution in [0, 0.1) is 6.92 Å². The van der Waals surface area contributed by atoms with Gasteiger partial charge in [-0.05, 0) is 12.5 Å². The van der Waals surface area contributed by atoms with Gasteiger partial charge in [-0.25, -0.2) is 4.98 Å². The molecule has 1 atom stereocenters. The molecule has 35 heavy (non-hydrogen) atoms. The minimum Gasteiger partial charge on any atom is -0.370 e. The van der Waals surface area contributed by atoms with Crippen LogP contribution in [-0.2, 0) is 26.9 Å². The van der Waals surface area contributed by atoms with Crippen molar-refractivity contribution in [2.75, 3.05) is 25.3 Å². The molecule has 0 aliphatic heterocycles. The van der Waals surface area contributed by atoms with Crippen LogP contribution in [-0.4, -0.2) is 44.9 Å². The lowest BCUT2D eigenvalue weighted by molar-refractivity contribution is 0.0896. The molecule has 0 spiro atoms. The molecule has 0 saturated carbocycles. The number of carbonyl (C=O) groups excluding carboxylic acids is 1. The Hall–Kier alpha value is -3.43. The van der Waals surface area contributed by atoms with E-state index in [1.165, 1.54) is 6.33 Å². The van der Waals surface area contributed by atoms with Crippen LogP contribution in [0.5, 0.6) is 0 Å². The molecule has 10 nitrogen and oxygen atoms in total. The molecule has 3 N–H and O–H groups in total. The number of aromatic nitrogens is 4. The van der Waals surface area contributed by atoms with Gasteiger partial charge in [0.05, 0.1) is 19.5 Å². The van der Waals surface area contributed by atoms with Crippen molar-refractivity contribution in [3.63, 3.8) is 0 Å². The van der Waals surface area contributed by atoms with Crippen LogP contribution in [0.4, 0.5) is 5.95 Å². The number of nitrogen functional groups attached to an aromatic ring is 1. The van der Waals surface area contributed by atoms with Crippen LogP contribution in [0.1, 0.15) is 21.5 Å². The number of Topliss-reactive ketones (excluding diaryl/α,β-unsaturated/α-hetero) is 1. The quantitative estimate of drug-likeness (QED) is 0.173. The lowest BCUT2D eigenvalue weighted by atomic mass is 10.1. The summed E-state index contributed by atoms with van der Waals surface area (Å²) >= 11 is 0. The van der Waals surface area contributed by atoms with Gasteiger partial charge in [0.2, 0.25) is 5.95 Å². The molecule has 0 saturated heterocycles. The Morgan fingerprint density at radius 1 is 1.11 bits per heavy atom. The van der Waals surface area contributed by atoms with Crippen molar-refractivity contribution < 1.29 is 18.6 Å². The summed E-state index contributed by atoms with van der Waals surface area (Å²) in [5.41, 5.74) is 8.59. The molecule has 11 heteroatoms. The summed E-state index contributed by atoms with van der Waals surface area (Å²) in [6, 6.07) is 17.0. The highest BCUT2D eigenvalue weighted by Crippen LogP contribution is 2.39. The van der Waals surface area contributed by atoms with Gasteiger partial charge in [0, 0.05) is 12.1 Å². The highest BCUT2D eigenvalue weighted by atomic mass is 31.2. The van der Waals surface area contributed by atoms with Gasteiger partial charge < -0.3 is 24.1 Å². The van der Waals surface area contributed by atoms with E-state index in [9.17, 15) is 9.59 Å². The number of aromatic amines is 1. The number of imidazole rings is 1. The van der Waals surface area contributed by atoms with Crippen LogP contribution < -0.4 is 11.3 Å². The van der Waals surface area contributed by atoms with Crippen molar-refractivity contribution >= 4 is 31.3 Å². The number of aryl methyl sites for hydroxylation is 1. The second-order valence-corrected chi connectivity index (χ2v) is 9.19.